The molecule has 9 rings (SSSR count). The quantitative estimate of drug-likeness (QED) is 0.0353. The Labute approximate surface area is 545 Å². The molecule has 21 nitrogen and oxygen atoms in total. The number of carbonyl (C=O) groups excluding carboxylic acids is 6. The van der Waals surface area contributed by atoms with Crippen LogP contribution in [0, 0.1) is 38.2 Å². The maximum absolute atomic E-state index is 13.5. The minimum absolute atomic E-state index is 0. The van der Waals surface area contributed by atoms with Crippen molar-refractivity contribution in [1.29, 1.82) is 0 Å². The average molecular weight is 1290 g/mol. The van der Waals surface area contributed by atoms with E-state index in [1.54, 1.807) is 87.1 Å². The van der Waals surface area contributed by atoms with Gasteiger partial charge in [0, 0.05) is 57.5 Å². The number of hydrogen-bond acceptors (Lipinski definition) is 12. The van der Waals surface area contributed by atoms with Gasteiger partial charge in [0.05, 0.1) is 51.2 Å². The number of amides is 6. The molecule has 0 atom stereocenters. The first-order valence-corrected chi connectivity index (χ1v) is 29.8. The van der Waals surface area contributed by atoms with Gasteiger partial charge in [0.15, 0.2) is 17.1 Å². The molecule has 24 heteroatoms. The van der Waals surface area contributed by atoms with E-state index in [4.69, 9.17) is 22.9 Å². The van der Waals surface area contributed by atoms with Gasteiger partial charge in [-0.25, -0.2) is 27.2 Å². The Bertz CT molecular complexity index is 4230. The smallest absolute Gasteiger partial charge is 0.269 e. The Morgan fingerprint density at radius 3 is 1.05 bits per heavy atom. The van der Waals surface area contributed by atoms with Gasteiger partial charge in [-0.2, -0.15) is 15.3 Å². The summed E-state index contributed by atoms with van der Waals surface area (Å²) in [6, 6.07) is 34.0. The van der Waals surface area contributed by atoms with E-state index in [0.717, 1.165) is 28.1 Å². The monoisotopic (exact) mass is 1290 g/mol. The molecule has 0 fully saturated rings. The van der Waals surface area contributed by atoms with Gasteiger partial charge in [-0.15, -0.1) is 0 Å². The summed E-state index contributed by atoms with van der Waals surface area (Å²) < 4.78 is 44.9. The number of halogens is 3. The van der Waals surface area contributed by atoms with Crippen LogP contribution in [0.4, 0.5) is 30.2 Å². The highest BCUT2D eigenvalue weighted by Gasteiger charge is 2.28. The largest absolute Gasteiger partial charge is 0.395 e. The fraction of sp³-hybridized carbons (Fsp3) is 0.271. The number of nitrogens with two attached hydrogens (primary N) is 4. The van der Waals surface area contributed by atoms with Crippen molar-refractivity contribution in [3.63, 3.8) is 0 Å². The summed E-state index contributed by atoms with van der Waals surface area (Å²) in [5.41, 5.74) is 34.9. The average Bonchev–Trinajstić information content (AvgIpc) is 1.65. The molecule has 0 aliphatic heterocycles. The number of nitrogens with one attached hydrogen (secondary N) is 4. The number of nitrogens with zero attached hydrogens (tertiary/aromatic N) is 7. The number of primary amides is 3. The number of benzene rings is 6. The Kier molecular flexibility index (Phi) is 24.0. The molecule has 9 aromatic rings. The van der Waals surface area contributed by atoms with Crippen molar-refractivity contribution in [3.8, 4) is 17.1 Å². The van der Waals surface area contributed by atoms with E-state index in [1.807, 2.05) is 96.9 Å². The molecule has 0 radical (unpaired) electrons. The van der Waals surface area contributed by atoms with Gasteiger partial charge in [-0.3, -0.25) is 28.8 Å². The predicted molar refractivity (Wildman–Crippen MR) is 360 cm³/mol. The Morgan fingerprint density at radius 1 is 0.457 bits per heavy atom. The lowest BCUT2D eigenvalue weighted by Crippen LogP contribution is -2.24. The standard InChI is InChI=1S/C24H28FN5O2.C23H26FN5O2.C22H24FN5O2.CH4/c1-14(2)20-21(29(4)5)22(23(26)31)30(28-20)18-10-7-16(8-11-18)13-27-24(32)19-12-17(25)9-6-15(19)3;1-13(2)19-20(26-4)21(22(25)30)29(28-19)17-9-6-15(7-10-17)12-27-23(31)18-11-16(24)8-5-14(18)3;1-12(2)19-18(24)20(21(25)29)28(27-19)16-8-5-14(6-9-16)11-26-22(30)17-10-15(23)7-4-13(17)3;/h6-12,14H,13H2,1-5H3,(H2,26,31)(H,27,32);5-11,13,26H,12H2,1-4H3,(H2,25,30)(H,27,31);4-10,12H,11,24H2,1-3H3,(H2,25,29)(H,26,30);1H4. The second kappa shape index (κ2) is 31.3. The van der Waals surface area contributed by atoms with E-state index < -0.39 is 35.2 Å². The lowest BCUT2D eigenvalue weighted by Gasteiger charge is -2.15. The van der Waals surface area contributed by atoms with Gasteiger partial charge in [0.2, 0.25) is 0 Å². The highest BCUT2D eigenvalue weighted by molar-refractivity contribution is 6.00. The molecule has 0 bridgehead atoms. The number of anilines is 3. The second-order valence-corrected chi connectivity index (χ2v) is 23.2. The van der Waals surface area contributed by atoms with E-state index in [9.17, 15) is 41.9 Å². The highest BCUT2D eigenvalue weighted by Crippen LogP contribution is 2.33. The number of aromatic nitrogens is 6. The molecular weight excluding hydrogens is 1200 g/mol. The van der Waals surface area contributed by atoms with Crippen LogP contribution >= 0.6 is 0 Å². The highest BCUT2D eigenvalue weighted by atomic mass is 19.1. The lowest BCUT2D eigenvalue weighted by atomic mass is 10.1. The van der Waals surface area contributed by atoms with Gasteiger partial charge < -0.3 is 49.1 Å². The van der Waals surface area contributed by atoms with Crippen LogP contribution in [0.3, 0.4) is 0 Å². The van der Waals surface area contributed by atoms with Crippen LogP contribution in [0.15, 0.2) is 127 Å². The fourth-order valence-electron chi connectivity index (χ4n) is 10.1. The molecule has 0 unspecified atom stereocenters. The van der Waals surface area contributed by atoms with Crippen molar-refractivity contribution in [1.82, 2.24) is 45.3 Å². The zero-order chi connectivity index (χ0) is 68.3. The molecule has 94 heavy (non-hydrogen) atoms. The van der Waals surface area contributed by atoms with E-state index in [2.05, 4.69) is 36.6 Å². The topological polar surface area (TPSA) is 311 Å². The minimum Gasteiger partial charge on any atom is -0.395 e. The summed E-state index contributed by atoms with van der Waals surface area (Å²) in [5.74, 6) is -3.96. The molecule has 0 aliphatic rings. The van der Waals surface area contributed by atoms with E-state index in [1.165, 1.54) is 45.8 Å². The Morgan fingerprint density at radius 2 is 0.755 bits per heavy atom. The zero-order valence-corrected chi connectivity index (χ0v) is 54.0. The summed E-state index contributed by atoms with van der Waals surface area (Å²) in [4.78, 5) is 75.2. The molecule has 3 heterocycles. The third kappa shape index (κ3) is 16.9. The number of hydrogen-bond donors (Lipinski definition) is 8. The van der Waals surface area contributed by atoms with Gasteiger partial charge >= 0.3 is 0 Å². The second-order valence-electron chi connectivity index (χ2n) is 23.2. The predicted octanol–water partition coefficient (Wildman–Crippen LogP) is 10.7. The third-order valence-electron chi connectivity index (χ3n) is 15.0. The Balaban J connectivity index is 0.000000222. The normalized spacial score (nSPS) is 10.8. The molecule has 12 N–H and O–H groups in total. The molecule has 6 aromatic carbocycles. The van der Waals surface area contributed by atoms with Crippen molar-refractivity contribution in [3.05, 3.63) is 229 Å². The van der Waals surface area contributed by atoms with Crippen molar-refractivity contribution >= 4 is 52.5 Å². The van der Waals surface area contributed by atoms with Crippen LogP contribution in [0.1, 0.15) is 180 Å². The van der Waals surface area contributed by atoms with Crippen molar-refractivity contribution in [2.24, 2.45) is 17.2 Å². The summed E-state index contributed by atoms with van der Waals surface area (Å²) in [6.45, 7) is 17.9. The molecular formula is C70H82F3N15O6. The van der Waals surface area contributed by atoms with Gasteiger partial charge in [-0.05, 0) is 145 Å². The van der Waals surface area contributed by atoms with E-state index in [0.29, 0.717) is 73.2 Å². The van der Waals surface area contributed by atoms with Crippen LogP contribution in [0.5, 0.6) is 0 Å². The maximum Gasteiger partial charge on any atom is 0.269 e. The molecule has 3 aromatic heterocycles. The minimum atomic E-state index is -0.659. The molecule has 494 valence electrons. The van der Waals surface area contributed by atoms with Crippen LogP contribution in [-0.4, -0.2) is 85.9 Å². The number of aryl methyl sites for hydroxylation is 3. The zero-order valence-electron chi connectivity index (χ0n) is 54.0. The van der Waals surface area contributed by atoms with Crippen LogP contribution in [-0.2, 0) is 19.6 Å². The maximum atomic E-state index is 13.5. The molecule has 0 aliphatic carbocycles. The summed E-state index contributed by atoms with van der Waals surface area (Å²) in [5, 5.41) is 25.1. The van der Waals surface area contributed by atoms with Crippen LogP contribution in [0.2, 0.25) is 0 Å². The first-order valence-electron chi connectivity index (χ1n) is 29.8. The van der Waals surface area contributed by atoms with Gasteiger partial charge in [-0.1, -0.05) is 104 Å². The first kappa shape index (κ1) is 72.0. The SMILES string of the molecule is C.CNc1c(C(C)C)nn(-c2ccc(CNC(=O)c3cc(F)ccc3C)cc2)c1C(N)=O.Cc1ccc(F)cc1C(=O)NCc1ccc(-n2nc(C(C)C)c(N(C)C)c2C(N)=O)cc1.Cc1ccc(F)cc1C(=O)NCc1ccc(-n2nc(C(C)C)c(N)c2C(N)=O)cc1. The van der Waals surface area contributed by atoms with Crippen molar-refractivity contribution in [2.45, 2.75) is 107 Å². The first-order chi connectivity index (χ1) is 44.0. The summed E-state index contributed by atoms with van der Waals surface area (Å²) in [7, 11) is 5.43. The van der Waals surface area contributed by atoms with E-state index in [-0.39, 0.29) is 79.6 Å². The fourth-order valence-corrected chi connectivity index (χ4v) is 10.1. The van der Waals surface area contributed by atoms with Crippen LogP contribution in [0.25, 0.3) is 17.1 Å². The Hall–Kier alpha value is -11.0. The molecule has 0 spiro atoms. The van der Waals surface area contributed by atoms with Gasteiger partial charge in [0.1, 0.15) is 17.5 Å². The van der Waals surface area contributed by atoms with Gasteiger partial charge in [0.25, 0.3) is 35.4 Å². The summed E-state index contributed by atoms with van der Waals surface area (Å²) in [6.07, 6.45) is 0. The number of nitrogen functional groups attached to an aromatic ring is 1. The lowest BCUT2D eigenvalue weighted by molar-refractivity contribution is 0.0941. The molecule has 0 saturated carbocycles. The molecule has 6 amide bonds. The molecule has 0 saturated heterocycles. The number of rotatable bonds is 20. The van der Waals surface area contributed by atoms with Crippen LogP contribution < -0.4 is 49.1 Å². The van der Waals surface area contributed by atoms with Crippen molar-refractivity contribution < 1.29 is 41.9 Å². The third-order valence-corrected chi connectivity index (χ3v) is 15.0. The van der Waals surface area contributed by atoms with E-state index >= 15 is 0 Å². The summed E-state index contributed by atoms with van der Waals surface area (Å²) >= 11 is 0. The number of carbonyl (C=O) groups is 6. The van der Waals surface area contributed by atoms with Crippen molar-refractivity contribution in [2.75, 3.05) is 37.1 Å².